The number of nitrogens with zero attached hydrogens (tertiary/aromatic N) is 2. The van der Waals surface area contributed by atoms with Gasteiger partial charge in [0.2, 0.25) is 0 Å². The second-order valence-corrected chi connectivity index (χ2v) is 3.72. The first-order valence-electron chi connectivity index (χ1n) is 5.90. The minimum Gasteiger partial charge on any atom is -0.424 e. The van der Waals surface area contributed by atoms with Crippen molar-refractivity contribution in [1.29, 1.82) is 0 Å². The smallest absolute Gasteiger partial charge is 0.308 e. The van der Waals surface area contributed by atoms with Gasteiger partial charge >= 0.3 is 5.97 Å². The molecule has 98 valence electrons. The summed E-state index contributed by atoms with van der Waals surface area (Å²) in [7, 11) is 1.84. The molecule has 0 bridgehead atoms. The highest BCUT2D eigenvalue weighted by molar-refractivity contribution is 5.91. The molecule has 0 saturated heterocycles. The normalized spacial score (nSPS) is 9.83. The summed E-state index contributed by atoms with van der Waals surface area (Å²) < 4.78 is 6.82. The zero-order valence-electron chi connectivity index (χ0n) is 11.4. The fourth-order valence-corrected chi connectivity index (χ4v) is 1.64. The molecule has 5 heteroatoms. The summed E-state index contributed by atoms with van der Waals surface area (Å²) in [6.45, 7) is 7.29. The van der Waals surface area contributed by atoms with Crippen LogP contribution in [0.25, 0.3) is 10.9 Å². The van der Waals surface area contributed by atoms with Crippen molar-refractivity contribution < 1.29 is 9.53 Å². The van der Waals surface area contributed by atoms with Crippen LogP contribution < -0.4 is 10.5 Å². The molecule has 5 nitrogen and oxygen atoms in total. The van der Waals surface area contributed by atoms with Crippen molar-refractivity contribution in [3.8, 4) is 5.75 Å². The average molecular weight is 249 g/mol. The molecular formula is C13H19N3O2. The van der Waals surface area contributed by atoms with Crippen LogP contribution in [0.15, 0.2) is 12.1 Å². The summed E-state index contributed by atoms with van der Waals surface area (Å²) in [4.78, 5) is 11.0. The summed E-state index contributed by atoms with van der Waals surface area (Å²) in [5.74, 6) is 0.0291. The molecule has 0 aliphatic heterocycles. The highest BCUT2D eigenvalue weighted by atomic mass is 16.5. The first kappa shape index (κ1) is 14.0. The number of rotatable bonds is 1. The summed E-state index contributed by atoms with van der Waals surface area (Å²) in [6.07, 6.45) is 0. The molecule has 0 amide bonds. The highest BCUT2D eigenvalue weighted by Crippen LogP contribution is 2.29. The Morgan fingerprint density at radius 3 is 2.56 bits per heavy atom. The molecule has 0 unspecified atom stereocenters. The molecule has 2 aromatic rings. The van der Waals surface area contributed by atoms with E-state index in [2.05, 4.69) is 5.10 Å². The van der Waals surface area contributed by atoms with Crippen LogP contribution in [0.5, 0.6) is 5.75 Å². The van der Waals surface area contributed by atoms with Gasteiger partial charge in [-0.05, 0) is 13.0 Å². The van der Waals surface area contributed by atoms with Crippen molar-refractivity contribution in [3.63, 3.8) is 0 Å². The van der Waals surface area contributed by atoms with Crippen LogP contribution in [0.1, 0.15) is 26.5 Å². The van der Waals surface area contributed by atoms with Gasteiger partial charge < -0.3 is 10.5 Å². The first-order chi connectivity index (χ1) is 8.49. The van der Waals surface area contributed by atoms with E-state index in [1.54, 1.807) is 10.7 Å². The molecule has 0 saturated carbocycles. The van der Waals surface area contributed by atoms with Crippen LogP contribution >= 0.6 is 0 Å². The molecule has 0 aliphatic rings. The summed E-state index contributed by atoms with van der Waals surface area (Å²) in [6, 6.07) is 3.43. The fourth-order valence-electron chi connectivity index (χ4n) is 1.64. The van der Waals surface area contributed by atoms with Gasteiger partial charge in [0.15, 0.2) is 5.75 Å². The maximum atomic E-state index is 11.0. The lowest BCUT2D eigenvalue weighted by Gasteiger charge is -2.03. The number of hydrogen-bond donors (Lipinski definition) is 1. The van der Waals surface area contributed by atoms with Crippen LogP contribution in [0.4, 0.5) is 5.69 Å². The van der Waals surface area contributed by atoms with Crippen molar-refractivity contribution >= 4 is 22.6 Å². The van der Waals surface area contributed by atoms with Crippen LogP contribution in [0.3, 0.4) is 0 Å². The Bertz CT molecular complexity index is 573. The molecule has 0 aliphatic carbocycles. The molecule has 2 rings (SSSR count). The van der Waals surface area contributed by atoms with Crippen molar-refractivity contribution in [2.45, 2.75) is 27.7 Å². The molecule has 18 heavy (non-hydrogen) atoms. The van der Waals surface area contributed by atoms with Gasteiger partial charge in [0, 0.05) is 36.8 Å². The first-order valence-corrected chi connectivity index (χ1v) is 5.90. The molecule has 2 N–H and O–H groups in total. The van der Waals surface area contributed by atoms with Crippen molar-refractivity contribution in [3.05, 3.63) is 17.8 Å². The molecular weight excluding hydrogens is 230 g/mol. The maximum Gasteiger partial charge on any atom is 0.308 e. The lowest BCUT2D eigenvalue weighted by atomic mass is 10.2. The highest BCUT2D eigenvalue weighted by Gasteiger charge is 2.12. The number of esters is 1. The number of nitrogen functional groups attached to an aromatic ring is 1. The van der Waals surface area contributed by atoms with Crippen molar-refractivity contribution in [1.82, 2.24) is 9.78 Å². The molecule has 0 fully saturated rings. The van der Waals surface area contributed by atoms with Crippen LogP contribution in [0.2, 0.25) is 0 Å². The van der Waals surface area contributed by atoms with Crippen LogP contribution in [0, 0.1) is 6.92 Å². The lowest BCUT2D eigenvalue weighted by molar-refractivity contribution is -0.131. The van der Waals surface area contributed by atoms with E-state index >= 15 is 0 Å². The summed E-state index contributed by atoms with van der Waals surface area (Å²) >= 11 is 0. The number of hydrogen-bond acceptors (Lipinski definition) is 4. The van der Waals surface area contributed by atoms with Gasteiger partial charge in [-0.15, -0.1) is 0 Å². The maximum absolute atomic E-state index is 11.0. The van der Waals surface area contributed by atoms with Gasteiger partial charge in [-0.1, -0.05) is 13.8 Å². The van der Waals surface area contributed by atoms with E-state index in [1.165, 1.54) is 6.92 Å². The average Bonchev–Trinajstić information content (AvgIpc) is 2.59. The molecule has 0 atom stereocenters. The van der Waals surface area contributed by atoms with Crippen LogP contribution in [-0.2, 0) is 11.8 Å². The zero-order valence-corrected chi connectivity index (χ0v) is 11.4. The number of fused-ring (bicyclic) bond motifs is 1. The molecule has 0 radical (unpaired) electrons. The van der Waals surface area contributed by atoms with E-state index in [9.17, 15) is 4.79 Å². The Morgan fingerprint density at radius 1 is 1.39 bits per heavy atom. The lowest BCUT2D eigenvalue weighted by Crippen LogP contribution is -2.02. The topological polar surface area (TPSA) is 70.1 Å². The fraction of sp³-hybridized carbons (Fsp3) is 0.385. The Kier molecular flexibility index (Phi) is 4.31. The van der Waals surface area contributed by atoms with Gasteiger partial charge in [0.1, 0.15) is 5.52 Å². The Morgan fingerprint density at radius 2 is 2.00 bits per heavy atom. The standard InChI is InChI=1S/C11H13N3O2.C2H6/c1-6-9-4-8(12)5-10(16-7(2)15)11(9)13-14(6)3;1-2/h4-5H,12H2,1-3H3;1-2H3. The summed E-state index contributed by atoms with van der Waals surface area (Å²) in [5.41, 5.74) is 7.94. The van der Waals surface area contributed by atoms with Crippen molar-refractivity contribution in [2.75, 3.05) is 5.73 Å². The molecule has 1 aromatic carbocycles. The number of carbonyl (C=O) groups is 1. The third-order valence-corrected chi connectivity index (χ3v) is 2.48. The van der Waals surface area contributed by atoms with Gasteiger partial charge in [-0.3, -0.25) is 9.48 Å². The Hall–Kier alpha value is -2.04. The third kappa shape index (κ3) is 2.61. The van der Waals surface area contributed by atoms with Crippen molar-refractivity contribution in [2.24, 2.45) is 7.05 Å². The Labute approximate surface area is 107 Å². The van der Waals surface area contributed by atoms with E-state index < -0.39 is 0 Å². The zero-order chi connectivity index (χ0) is 13.9. The summed E-state index contributed by atoms with van der Waals surface area (Å²) in [5, 5.41) is 5.19. The van der Waals surface area contributed by atoms with E-state index in [-0.39, 0.29) is 5.97 Å². The van der Waals surface area contributed by atoms with Gasteiger partial charge in [0.25, 0.3) is 0 Å². The van der Waals surface area contributed by atoms with E-state index in [4.69, 9.17) is 10.5 Å². The number of benzene rings is 1. The van der Waals surface area contributed by atoms with Gasteiger partial charge in [-0.25, -0.2) is 0 Å². The minimum atomic E-state index is -0.379. The number of anilines is 1. The molecule has 0 spiro atoms. The molecule has 1 aromatic heterocycles. The van der Waals surface area contributed by atoms with E-state index in [1.807, 2.05) is 33.9 Å². The monoisotopic (exact) mass is 249 g/mol. The van der Waals surface area contributed by atoms with Gasteiger partial charge in [-0.2, -0.15) is 5.10 Å². The number of ether oxygens (including phenoxy) is 1. The number of carbonyl (C=O) groups excluding carboxylic acids is 1. The SMILES string of the molecule is CC.CC(=O)Oc1cc(N)cc2c(C)n(C)nc12. The Balaban J connectivity index is 0.000000771. The minimum absolute atomic E-state index is 0.379. The van der Waals surface area contributed by atoms with E-state index in [0.717, 1.165) is 11.1 Å². The largest absolute Gasteiger partial charge is 0.424 e. The number of nitrogens with two attached hydrogens (primary N) is 1. The molecule has 1 heterocycles. The van der Waals surface area contributed by atoms with E-state index in [0.29, 0.717) is 17.0 Å². The second kappa shape index (κ2) is 5.53. The predicted octanol–water partition coefficient (Wildman–Crippen LogP) is 2.42. The second-order valence-electron chi connectivity index (χ2n) is 3.72. The number of aryl methyl sites for hydroxylation is 2. The van der Waals surface area contributed by atoms with Gasteiger partial charge in [0.05, 0.1) is 0 Å². The predicted molar refractivity (Wildman–Crippen MR) is 72.5 cm³/mol. The van der Waals surface area contributed by atoms with Crippen LogP contribution in [-0.4, -0.2) is 15.7 Å². The number of aromatic nitrogens is 2. The third-order valence-electron chi connectivity index (χ3n) is 2.48. The quantitative estimate of drug-likeness (QED) is 0.478.